The summed E-state index contributed by atoms with van der Waals surface area (Å²) in [6.07, 6.45) is 0. The molecule has 0 saturated heterocycles. The monoisotopic (exact) mass is 450 g/mol. The second-order valence-electron chi connectivity index (χ2n) is 6.88. The summed E-state index contributed by atoms with van der Waals surface area (Å²) in [4.78, 5) is 36.7. The largest absolute Gasteiger partial charge is 0.497 e. The van der Waals surface area contributed by atoms with E-state index in [1.54, 1.807) is 62.6 Å². The van der Waals surface area contributed by atoms with E-state index < -0.39 is 5.97 Å². The molecule has 0 aliphatic carbocycles. The van der Waals surface area contributed by atoms with E-state index in [1.807, 2.05) is 6.07 Å². The van der Waals surface area contributed by atoms with Crippen LogP contribution in [-0.4, -0.2) is 35.8 Å². The quantitative estimate of drug-likeness (QED) is 0.430. The first-order valence-electron chi connectivity index (χ1n) is 9.68. The van der Waals surface area contributed by atoms with Crippen LogP contribution in [0.2, 0.25) is 0 Å². The molecule has 8 heteroatoms. The Morgan fingerprint density at radius 3 is 2.34 bits per heavy atom. The van der Waals surface area contributed by atoms with E-state index in [2.05, 4.69) is 10.6 Å². The summed E-state index contributed by atoms with van der Waals surface area (Å²) in [5.74, 6) is -0.756. The van der Waals surface area contributed by atoms with Crippen LogP contribution >= 0.6 is 11.8 Å². The number of carbonyl (C=O) groups excluding carboxylic acids is 2. The second-order valence-corrected chi connectivity index (χ2v) is 7.93. The van der Waals surface area contributed by atoms with Crippen LogP contribution in [0.4, 0.5) is 11.4 Å². The molecule has 3 aromatic rings. The highest BCUT2D eigenvalue weighted by atomic mass is 32.2. The number of amides is 2. The van der Waals surface area contributed by atoms with Gasteiger partial charge in [0.1, 0.15) is 5.75 Å². The maximum absolute atomic E-state index is 12.4. The van der Waals surface area contributed by atoms with E-state index in [-0.39, 0.29) is 23.1 Å². The van der Waals surface area contributed by atoms with Gasteiger partial charge >= 0.3 is 5.97 Å². The van der Waals surface area contributed by atoms with Gasteiger partial charge in [0.25, 0.3) is 5.91 Å². The van der Waals surface area contributed by atoms with Crippen LogP contribution in [0.1, 0.15) is 26.3 Å². The highest BCUT2D eigenvalue weighted by Crippen LogP contribution is 2.23. The molecule has 3 N–H and O–H groups in total. The van der Waals surface area contributed by atoms with Crippen LogP contribution in [0.25, 0.3) is 0 Å². The minimum absolute atomic E-state index is 0.110. The molecular formula is C24H22N2O5S. The van der Waals surface area contributed by atoms with Crippen molar-refractivity contribution < 1.29 is 24.2 Å². The standard InChI is InChI=1S/C24H22N2O5S/c1-15-6-7-17(24(29)30)12-21(15)26-22(27)14-32-20-5-3-4-18(13-20)25-23(28)16-8-10-19(31-2)11-9-16/h3-13H,14H2,1-2H3,(H,25,28)(H,26,27)(H,29,30). The van der Waals surface area contributed by atoms with Crippen LogP contribution < -0.4 is 15.4 Å². The number of thioether (sulfide) groups is 1. The average Bonchev–Trinajstić information content (AvgIpc) is 2.79. The minimum atomic E-state index is -1.05. The van der Waals surface area contributed by atoms with Gasteiger partial charge in [0.05, 0.1) is 18.4 Å². The summed E-state index contributed by atoms with van der Waals surface area (Å²) in [6.45, 7) is 1.79. The molecule has 2 amide bonds. The number of anilines is 2. The Labute approximate surface area is 189 Å². The molecule has 0 aromatic heterocycles. The summed E-state index contributed by atoms with van der Waals surface area (Å²) in [7, 11) is 1.56. The van der Waals surface area contributed by atoms with Crippen molar-refractivity contribution in [3.63, 3.8) is 0 Å². The Kier molecular flexibility index (Phi) is 7.51. The maximum Gasteiger partial charge on any atom is 0.335 e. The predicted octanol–water partition coefficient (Wildman–Crippen LogP) is 4.68. The zero-order valence-corrected chi connectivity index (χ0v) is 18.4. The molecule has 0 unspecified atom stereocenters. The fraction of sp³-hybridized carbons (Fsp3) is 0.125. The van der Waals surface area contributed by atoms with Gasteiger partial charge in [0.15, 0.2) is 0 Å². The molecule has 0 saturated carbocycles. The lowest BCUT2D eigenvalue weighted by molar-refractivity contribution is -0.113. The first-order chi connectivity index (χ1) is 15.4. The number of ether oxygens (including phenoxy) is 1. The lowest BCUT2D eigenvalue weighted by atomic mass is 10.1. The van der Waals surface area contributed by atoms with Crippen molar-refractivity contribution in [3.05, 3.63) is 83.4 Å². The van der Waals surface area contributed by atoms with Gasteiger partial charge in [-0.2, -0.15) is 0 Å². The lowest BCUT2D eigenvalue weighted by Gasteiger charge is -2.10. The average molecular weight is 451 g/mol. The van der Waals surface area contributed by atoms with E-state index in [9.17, 15) is 14.4 Å². The molecular weight excluding hydrogens is 428 g/mol. The van der Waals surface area contributed by atoms with Gasteiger partial charge in [-0.1, -0.05) is 12.1 Å². The summed E-state index contributed by atoms with van der Waals surface area (Å²) >= 11 is 1.31. The molecule has 164 valence electrons. The maximum atomic E-state index is 12.4. The fourth-order valence-electron chi connectivity index (χ4n) is 2.83. The second kappa shape index (κ2) is 10.5. The number of carboxylic acid groups (broad SMARTS) is 1. The van der Waals surface area contributed by atoms with Crippen LogP contribution in [0.15, 0.2) is 71.6 Å². The van der Waals surface area contributed by atoms with Gasteiger partial charge in [-0.15, -0.1) is 11.8 Å². The third kappa shape index (κ3) is 6.12. The summed E-state index contributed by atoms with van der Waals surface area (Å²) in [6, 6.07) is 18.6. The Balaban J connectivity index is 1.58. The van der Waals surface area contributed by atoms with Crippen molar-refractivity contribution in [2.75, 3.05) is 23.5 Å². The number of nitrogens with one attached hydrogen (secondary N) is 2. The number of carboxylic acids is 1. The smallest absolute Gasteiger partial charge is 0.335 e. The first kappa shape index (κ1) is 22.9. The molecule has 0 spiro atoms. The Bertz CT molecular complexity index is 1150. The number of aryl methyl sites for hydroxylation is 1. The zero-order chi connectivity index (χ0) is 23.1. The summed E-state index contributed by atoms with van der Waals surface area (Å²) in [5, 5.41) is 14.7. The van der Waals surface area contributed by atoms with Gasteiger partial charge in [0.2, 0.25) is 5.91 Å². The molecule has 0 aliphatic rings. The Hall–Kier alpha value is -3.78. The molecule has 0 fully saturated rings. The summed E-state index contributed by atoms with van der Waals surface area (Å²) < 4.78 is 5.10. The van der Waals surface area contributed by atoms with Crippen molar-refractivity contribution in [1.29, 1.82) is 0 Å². The number of hydrogen-bond acceptors (Lipinski definition) is 5. The third-order valence-corrected chi connectivity index (χ3v) is 5.57. The van der Waals surface area contributed by atoms with Gasteiger partial charge in [0, 0.05) is 21.8 Å². The number of carbonyl (C=O) groups is 3. The Morgan fingerprint density at radius 1 is 0.938 bits per heavy atom. The SMILES string of the molecule is COc1ccc(C(=O)Nc2cccc(SCC(=O)Nc3cc(C(=O)O)ccc3C)c2)cc1. The number of rotatable bonds is 8. The highest BCUT2D eigenvalue weighted by molar-refractivity contribution is 8.00. The molecule has 0 heterocycles. The number of aromatic carboxylic acids is 1. The normalized spacial score (nSPS) is 10.3. The van der Waals surface area contributed by atoms with E-state index in [4.69, 9.17) is 9.84 Å². The first-order valence-corrected chi connectivity index (χ1v) is 10.7. The molecule has 0 radical (unpaired) electrons. The van der Waals surface area contributed by atoms with Gasteiger partial charge in [-0.25, -0.2) is 4.79 Å². The third-order valence-electron chi connectivity index (χ3n) is 4.57. The highest BCUT2D eigenvalue weighted by Gasteiger charge is 2.11. The molecule has 3 aromatic carbocycles. The zero-order valence-electron chi connectivity index (χ0n) is 17.5. The minimum Gasteiger partial charge on any atom is -0.497 e. The van der Waals surface area contributed by atoms with Gasteiger partial charge < -0.3 is 20.5 Å². The molecule has 0 aliphatic heterocycles. The fourth-order valence-corrected chi connectivity index (χ4v) is 3.59. The van der Waals surface area contributed by atoms with Crippen molar-refractivity contribution in [2.45, 2.75) is 11.8 Å². The molecule has 0 bridgehead atoms. The lowest BCUT2D eigenvalue weighted by Crippen LogP contribution is -2.15. The van der Waals surface area contributed by atoms with E-state index in [1.165, 1.54) is 23.9 Å². The van der Waals surface area contributed by atoms with Gasteiger partial charge in [-0.05, 0) is 67.1 Å². The van der Waals surface area contributed by atoms with Crippen LogP contribution in [0, 0.1) is 6.92 Å². The van der Waals surface area contributed by atoms with Gasteiger partial charge in [-0.3, -0.25) is 9.59 Å². The van der Waals surface area contributed by atoms with E-state index in [0.29, 0.717) is 22.7 Å². The van der Waals surface area contributed by atoms with E-state index in [0.717, 1.165) is 10.5 Å². The molecule has 0 atom stereocenters. The van der Waals surface area contributed by atoms with Crippen molar-refractivity contribution in [1.82, 2.24) is 0 Å². The molecule has 7 nitrogen and oxygen atoms in total. The molecule has 32 heavy (non-hydrogen) atoms. The topological polar surface area (TPSA) is 105 Å². The van der Waals surface area contributed by atoms with Crippen molar-refractivity contribution in [2.24, 2.45) is 0 Å². The molecule has 3 rings (SSSR count). The van der Waals surface area contributed by atoms with Crippen molar-refractivity contribution in [3.8, 4) is 5.75 Å². The number of benzene rings is 3. The predicted molar refractivity (Wildman–Crippen MR) is 125 cm³/mol. The summed E-state index contributed by atoms with van der Waals surface area (Å²) in [5.41, 5.74) is 2.47. The van der Waals surface area contributed by atoms with Crippen LogP contribution in [0.3, 0.4) is 0 Å². The number of hydrogen-bond donors (Lipinski definition) is 3. The number of methoxy groups -OCH3 is 1. The van der Waals surface area contributed by atoms with E-state index >= 15 is 0 Å². The van der Waals surface area contributed by atoms with Crippen LogP contribution in [0.5, 0.6) is 5.75 Å². The Morgan fingerprint density at radius 2 is 1.66 bits per heavy atom. The van der Waals surface area contributed by atoms with Crippen molar-refractivity contribution >= 4 is 40.9 Å². The van der Waals surface area contributed by atoms with Crippen LogP contribution in [-0.2, 0) is 4.79 Å².